The Bertz CT molecular complexity index is 677. The van der Waals surface area contributed by atoms with Crippen LogP contribution in [-0.2, 0) is 4.79 Å². The van der Waals surface area contributed by atoms with Crippen molar-refractivity contribution in [1.29, 1.82) is 0 Å². The predicted molar refractivity (Wildman–Crippen MR) is 82.7 cm³/mol. The van der Waals surface area contributed by atoms with Gasteiger partial charge in [-0.1, -0.05) is 12.1 Å². The largest absolute Gasteiger partial charge is 0.490 e. The van der Waals surface area contributed by atoms with Gasteiger partial charge < -0.3 is 14.8 Å². The Hall–Kier alpha value is -2.63. The molecule has 2 aromatic rings. The molecule has 0 saturated carbocycles. The van der Waals surface area contributed by atoms with Gasteiger partial charge in [0, 0.05) is 6.07 Å². The minimum atomic E-state index is -0.819. The highest BCUT2D eigenvalue weighted by molar-refractivity contribution is 5.90. The molecule has 2 rings (SSSR count). The zero-order valence-corrected chi connectivity index (χ0v) is 12.6. The molecule has 1 amide bonds. The summed E-state index contributed by atoms with van der Waals surface area (Å²) in [5, 5.41) is 2.37. The predicted octanol–water partition coefficient (Wildman–Crippen LogP) is 3.77. The molecule has 23 heavy (non-hydrogen) atoms. The highest BCUT2D eigenvalue weighted by Gasteiger charge is 2.09. The third-order valence-corrected chi connectivity index (χ3v) is 2.94. The van der Waals surface area contributed by atoms with Crippen molar-refractivity contribution in [3.63, 3.8) is 0 Å². The monoisotopic (exact) mass is 321 g/mol. The van der Waals surface area contributed by atoms with Gasteiger partial charge in [0.1, 0.15) is 11.6 Å². The molecule has 0 aromatic heterocycles. The number of halogens is 2. The summed E-state index contributed by atoms with van der Waals surface area (Å²) < 4.78 is 37.1. The van der Waals surface area contributed by atoms with Crippen molar-refractivity contribution >= 4 is 11.6 Å². The van der Waals surface area contributed by atoms with E-state index in [4.69, 9.17) is 9.47 Å². The second kappa shape index (κ2) is 8.12. The van der Waals surface area contributed by atoms with Gasteiger partial charge in [-0.25, -0.2) is 8.78 Å². The molecule has 122 valence electrons. The molecule has 2 aromatic carbocycles. The SMILES string of the molecule is CCOc1ccccc1OCCC(=O)Nc1ccc(F)cc1F. The summed E-state index contributed by atoms with van der Waals surface area (Å²) in [6.07, 6.45) is 0.0251. The first-order valence-electron chi connectivity index (χ1n) is 7.19. The van der Waals surface area contributed by atoms with Gasteiger partial charge in [0.15, 0.2) is 11.5 Å². The van der Waals surface area contributed by atoms with Gasteiger partial charge in [-0.2, -0.15) is 0 Å². The first-order chi connectivity index (χ1) is 11.1. The van der Waals surface area contributed by atoms with Gasteiger partial charge in [0.25, 0.3) is 0 Å². The fraction of sp³-hybridized carbons (Fsp3) is 0.235. The minimum Gasteiger partial charge on any atom is -0.490 e. The molecule has 0 heterocycles. The van der Waals surface area contributed by atoms with Gasteiger partial charge in [0.2, 0.25) is 5.91 Å². The summed E-state index contributed by atoms with van der Waals surface area (Å²) >= 11 is 0. The fourth-order valence-electron chi connectivity index (χ4n) is 1.90. The molecule has 0 spiro atoms. The Labute approximate surface area is 133 Å². The summed E-state index contributed by atoms with van der Waals surface area (Å²) in [7, 11) is 0. The van der Waals surface area contributed by atoms with Crippen LogP contribution in [0.15, 0.2) is 42.5 Å². The van der Waals surface area contributed by atoms with Gasteiger partial charge in [-0.05, 0) is 31.2 Å². The molecular weight excluding hydrogens is 304 g/mol. The maximum absolute atomic E-state index is 13.4. The van der Waals surface area contributed by atoms with E-state index in [0.717, 1.165) is 6.07 Å². The summed E-state index contributed by atoms with van der Waals surface area (Å²) in [5.74, 6) is -0.808. The number of hydrogen-bond donors (Lipinski definition) is 1. The summed E-state index contributed by atoms with van der Waals surface area (Å²) in [5.41, 5.74) is -0.0638. The minimum absolute atomic E-state index is 0.0251. The molecule has 6 heteroatoms. The van der Waals surface area contributed by atoms with E-state index in [1.54, 1.807) is 18.2 Å². The van der Waals surface area contributed by atoms with Crippen molar-refractivity contribution in [1.82, 2.24) is 0 Å². The Kier molecular flexibility index (Phi) is 5.91. The molecule has 0 bridgehead atoms. The molecule has 0 aliphatic carbocycles. The third-order valence-electron chi connectivity index (χ3n) is 2.94. The second-order valence-corrected chi connectivity index (χ2v) is 4.65. The van der Waals surface area contributed by atoms with Crippen LogP contribution in [0.2, 0.25) is 0 Å². The van der Waals surface area contributed by atoms with E-state index < -0.39 is 17.5 Å². The number of amides is 1. The average molecular weight is 321 g/mol. The first kappa shape index (κ1) is 16.7. The van der Waals surface area contributed by atoms with E-state index in [2.05, 4.69) is 5.32 Å². The van der Waals surface area contributed by atoms with Crippen LogP contribution >= 0.6 is 0 Å². The highest BCUT2D eigenvalue weighted by Crippen LogP contribution is 2.26. The van der Waals surface area contributed by atoms with Crippen molar-refractivity contribution in [3.8, 4) is 11.5 Å². The number of hydrogen-bond acceptors (Lipinski definition) is 3. The van der Waals surface area contributed by atoms with Crippen LogP contribution < -0.4 is 14.8 Å². The van der Waals surface area contributed by atoms with E-state index in [-0.39, 0.29) is 18.7 Å². The maximum atomic E-state index is 13.4. The molecule has 0 saturated heterocycles. The van der Waals surface area contributed by atoms with E-state index in [1.807, 2.05) is 13.0 Å². The van der Waals surface area contributed by atoms with E-state index >= 15 is 0 Å². The lowest BCUT2D eigenvalue weighted by Crippen LogP contribution is -2.16. The molecule has 4 nitrogen and oxygen atoms in total. The molecule has 0 fully saturated rings. The zero-order valence-electron chi connectivity index (χ0n) is 12.6. The van der Waals surface area contributed by atoms with Gasteiger partial charge >= 0.3 is 0 Å². The number of para-hydroxylation sites is 2. The molecular formula is C17H17F2NO3. The van der Waals surface area contributed by atoms with Crippen LogP contribution in [0.3, 0.4) is 0 Å². The van der Waals surface area contributed by atoms with Gasteiger partial charge in [-0.3, -0.25) is 4.79 Å². The number of rotatable bonds is 7. The number of nitrogens with one attached hydrogen (secondary N) is 1. The Morgan fingerprint density at radius 1 is 1.09 bits per heavy atom. The maximum Gasteiger partial charge on any atom is 0.227 e. The molecule has 1 N–H and O–H groups in total. The van der Waals surface area contributed by atoms with E-state index in [0.29, 0.717) is 24.2 Å². The standard InChI is InChI=1S/C17H17F2NO3/c1-2-22-15-5-3-4-6-16(15)23-10-9-17(21)20-14-8-7-12(18)11-13(14)19/h3-8,11H,2,9-10H2,1H3,(H,20,21). The van der Waals surface area contributed by atoms with Crippen molar-refractivity contribution < 1.29 is 23.0 Å². The van der Waals surface area contributed by atoms with Crippen molar-refractivity contribution in [3.05, 3.63) is 54.1 Å². The average Bonchev–Trinajstić information content (AvgIpc) is 2.52. The first-order valence-corrected chi connectivity index (χ1v) is 7.19. The number of benzene rings is 2. The van der Waals surface area contributed by atoms with Gasteiger partial charge in [0.05, 0.1) is 25.3 Å². The van der Waals surface area contributed by atoms with Crippen LogP contribution in [0.1, 0.15) is 13.3 Å². The lowest BCUT2D eigenvalue weighted by Gasteiger charge is -2.11. The second-order valence-electron chi connectivity index (χ2n) is 4.65. The number of carbonyl (C=O) groups excluding carboxylic acids is 1. The Morgan fingerprint density at radius 3 is 2.43 bits per heavy atom. The van der Waals surface area contributed by atoms with E-state index in [9.17, 15) is 13.6 Å². The summed E-state index contributed by atoms with van der Waals surface area (Å²) in [6, 6.07) is 10.1. The number of ether oxygens (including phenoxy) is 2. The number of anilines is 1. The zero-order chi connectivity index (χ0) is 16.7. The summed E-state index contributed by atoms with van der Waals surface area (Å²) in [4.78, 5) is 11.8. The van der Waals surface area contributed by atoms with E-state index in [1.165, 1.54) is 6.07 Å². The molecule has 0 aliphatic heterocycles. The molecule has 0 atom stereocenters. The van der Waals surface area contributed by atoms with Gasteiger partial charge in [-0.15, -0.1) is 0 Å². The normalized spacial score (nSPS) is 10.2. The highest BCUT2D eigenvalue weighted by atomic mass is 19.1. The van der Waals surface area contributed by atoms with Crippen molar-refractivity contribution in [2.45, 2.75) is 13.3 Å². The van der Waals surface area contributed by atoms with Crippen molar-refractivity contribution in [2.75, 3.05) is 18.5 Å². The number of carbonyl (C=O) groups is 1. The van der Waals surface area contributed by atoms with Crippen LogP contribution in [0.25, 0.3) is 0 Å². The lowest BCUT2D eigenvalue weighted by molar-refractivity contribution is -0.116. The van der Waals surface area contributed by atoms with Crippen LogP contribution in [0, 0.1) is 11.6 Å². The fourth-order valence-corrected chi connectivity index (χ4v) is 1.90. The quantitative estimate of drug-likeness (QED) is 0.844. The Morgan fingerprint density at radius 2 is 1.78 bits per heavy atom. The lowest BCUT2D eigenvalue weighted by atomic mass is 10.3. The smallest absolute Gasteiger partial charge is 0.227 e. The van der Waals surface area contributed by atoms with Crippen LogP contribution in [0.5, 0.6) is 11.5 Å². The molecule has 0 aliphatic rings. The van der Waals surface area contributed by atoms with Crippen LogP contribution in [-0.4, -0.2) is 19.1 Å². The summed E-state index contributed by atoms with van der Waals surface area (Å²) in [6.45, 7) is 2.48. The molecule has 0 radical (unpaired) electrons. The molecule has 0 unspecified atom stereocenters. The van der Waals surface area contributed by atoms with Crippen LogP contribution in [0.4, 0.5) is 14.5 Å². The Balaban J connectivity index is 1.85. The van der Waals surface area contributed by atoms with Crippen molar-refractivity contribution in [2.24, 2.45) is 0 Å². The topological polar surface area (TPSA) is 47.6 Å². The third kappa shape index (κ3) is 4.95.